The number of aryl methyl sites for hydroxylation is 1. The van der Waals surface area contributed by atoms with Gasteiger partial charge in [0, 0.05) is 23.3 Å². The Balaban J connectivity index is 0.000000698. The Hall–Kier alpha value is -5.60. The zero-order chi connectivity index (χ0) is 36.3. The first kappa shape index (κ1) is 36.2. The fraction of sp³-hybridized carbons (Fsp3) is 0.235. The molecule has 0 radical (unpaired) electrons. The van der Waals surface area contributed by atoms with E-state index in [-0.39, 0.29) is 17.7 Å². The molecule has 0 saturated carbocycles. The predicted octanol–water partition coefficient (Wildman–Crippen LogP) is 6.25. The second kappa shape index (κ2) is 14.3. The number of H-pyrrole nitrogens is 1. The number of carbonyl (C=O) groups is 3. The quantitative estimate of drug-likeness (QED) is 0.227. The van der Waals surface area contributed by atoms with Gasteiger partial charge >= 0.3 is 24.4 Å². The SMILES string of the molecule is COc1ccc(-c2ccc(C(=O)O)cc2C)cc1-c1ccc(C(F)(F)F)cc1CN1C(=O)O[C@H](c2cc[nH+]cc2)[C@@H]1C.O=C([O-])C(F)(F)F. The number of cyclic esters (lactones) is 1. The summed E-state index contributed by atoms with van der Waals surface area (Å²) in [7, 11) is 1.47. The Labute approximate surface area is 275 Å². The van der Waals surface area contributed by atoms with E-state index in [0.29, 0.717) is 16.9 Å². The summed E-state index contributed by atoms with van der Waals surface area (Å²) in [6.45, 7) is 3.45. The molecule has 1 aliphatic rings. The molecule has 2 heterocycles. The molecule has 0 unspecified atom stereocenters. The number of alkyl halides is 6. The first-order chi connectivity index (χ1) is 22.9. The van der Waals surface area contributed by atoms with Crippen LogP contribution in [0.25, 0.3) is 22.3 Å². The number of nitrogens with zero attached hydrogens (tertiary/aromatic N) is 1. The predicted molar refractivity (Wildman–Crippen MR) is 159 cm³/mol. The summed E-state index contributed by atoms with van der Waals surface area (Å²) < 4.78 is 84.3. The summed E-state index contributed by atoms with van der Waals surface area (Å²) in [5.41, 5.74) is 3.52. The van der Waals surface area contributed by atoms with E-state index < -0.39 is 48.1 Å². The number of carboxylic acid groups (broad SMARTS) is 2. The average Bonchev–Trinajstić information content (AvgIpc) is 3.32. The van der Waals surface area contributed by atoms with E-state index in [1.165, 1.54) is 24.1 Å². The highest BCUT2D eigenvalue weighted by Crippen LogP contribution is 2.41. The average molecular weight is 691 g/mol. The second-order valence-corrected chi connectivity index (χ2v) is 10.9. The molecule has 9 nitrogen and oxygen atoms in total. The van der Waals surface area contributed by atoms with E-state index in [2.05, 4.69) is 4.98 Å². The maximum absolute atomic E-state index is 13.8. The highest BCUT2D eigenvalue weighted by atomic mass is 19.4. The van der Waals surface area contributed by atoms with Crippen molar-refractivity contribution in [1.82, 2.24) is 4.90 Å². The van der Waals surface area contributed by atoms with Gasteiger partial charge in [-0.3, -0.25) is 4.90 Å². The topological polar surface area (TPSA) is 130 Å². The molecule has 2 atom stereocenters. The molecule has 0 spiro atoms. The number of nitrogens with one attached hydrogen (secondary N) is 1. The van der Waals surface area contributed by atoms with E-state index in [1.807, 2.05) is 0 Å². The minimum absolute atomic E-state index is 0.131. The minimum Gasteiger partial charge on any atom is -0.542 e. The number of aromatic carboxylic acids is 1. The zero-order valence-electron chi connectivity index (χ0n) is 26.0. The largest absolute Gasteiger partial charge is 0.542 e. The van der Waals surface area contributed by atoms with Crippen molar-refractivity contribution < 1.29 is 65.4 Å². The van der Waals surface area contributed by atoms with Crippen LogP contribution >= 0.6 is 0 Å². The molecule has 2 N–H and O–H groups in total. The van der Waals surface area contributed by atoms with Gasteiger partial charge in [-0.05, 0) is 78.1 Å². The number of aromatic nitrogens is 1. The van der Waals surface area contributed by atoms with Crippen LogP contribution in [0.4, 0.5) is 31.1 Å². The Morgan fingerprint density at radius 3 is 2.12 bits per heavy atom. The van der Waals surface area contributed by atoms with Crippen molar-refractivity contribution in [1.29, 1.82) is 0 Å². The molecule has 4 aromatic rings. The lowest BCUT2D eigenvalue weighted by Gasteiger charge is -2.24. The molecule has 0 aliphatic carbocycles. The maximum Gasteiger partial charge on any atom is 0.430 e. The third-order valence-corrected chi connectivity index (χ3v) is 7.74. The van der Waals surface area contributed by atoms with Crippen LogP contribution in [0.5, 0.6) is 5.75 Å². The Morgan fingerprint density at radius 1 is 0.939 bits per heavy atom. The van der Waals surface area contributed by atoms with Gasteiger partial charge in [0.1, 0.15) is 17.8 Å². The van der Waals surface area contributed by atoms with Gasteiger partial charge in [-0.15, -0.1) is 0 Å². The third-order valence-electron chi connectivity index (χ3n) is 7.74. The molecule has 15 heteroatoms. The number of benzene rings is 3. The summed E-state index contributed by atoms with van der Waals surface area (Å²) in [4.78, 5) is 37.5. The van der Waals surface area contributed by atoms with Crippen LogP contribution in [-0.2, 0) is 22.3 Å². The standard InChI is InChI=1S/C32H27F3N2O5.C2HF3O2/c1-18-14-22(30(38)39)4-7-25(18)21-5-9-28(41-3)27(16-21)26-8-6-24(32(33,34)35)15-23(26)17-37-19(2)29(42-31(37)40)20-10-12-36-13-11-20;3-2(4,5)1(6)7/h4-16,19,29H,17H2,1-3H3,(H,38,39);(H,6,7)/t19-,29-;/m0./s1. The lowest BCUT2D eigenvalue weighted by molar-refractivity contribution is -0.378. The molecule has 1 amide bonds. The Kier molecular flexibility index (Phi) is 10.5. The van der Waals surface area contributed by atoms with E-state index in [1.54, 1.807) is 68.7 Å². The molecule has 3 aromatic carbocycles. The second-order valence-electron chi connectivity index (χ2n) is 10.9. The van der Waals surface area contributed by atoms with E-state index >= 15 is 0 Å². The van der Waals surface area contributed by atoms with Crippen molar-refractivity contribution in [3.05, 3.63) is 107 Å². The van der Waals surface area contributed by atoms with E-state index in [0.717, 1.165) is 34.4 Å². The number of aliphatic carboxylic acids is 1. The molecule has 5 rings (SSSR count). The number of carboxylic acids is 2. The maximum atomic E-state index is 13.8. The molecule has 258 valence electrons. The summed E-state index contributed by atoms with van der Waals surface area (Å²) in [6.07, 6.45) is -7.59. The number of hydrogen-bond donors (Lipinski definition) is 1. The summed E-state index contributed by atoms with van der Waals surface area (Å²) in [5.74, 6) is -3.63. The smallest absolute Gasteiger partial charge is 0.430 e. The molecule has 0 bridgehead atoms. The molecule has 49 heavy (non-hydrogen) atoms. The minimum atomic E-state index is -5.19. The number of amides is 1. The Morgan fingerprint density at radius 2 is 1.57 bits per heavy atom. The van der Waals surface area contributed by atoms with Gasteiger partial charge in [-0.2, -0.15) is 26.3 Å². The van der Waals surface area contributed by atoms with Crippen LogP contribution in [0.2, 0.25) is 0 Å². The molecular weight excluding hydrogens is 662 g/mol. The lowest BCUT2D eigenvalue weighted by Crippen LogP contribution is -2.37. The number of pyridine rings is 1. The van der Waals surface area contributed by atoms with Gasteiger partial charge in [0.2, 0.25) is 0 Å². The van der Waals surface area contributed by atoms with Crippen LogP contribution in [0.1, 0.15) is 45.6 Å². The molecular formula is C34H28F6N2O7. The first-order valence-corrected chi connectivity index (χ1v) is 14.4. The summed E-state index contributed by atoms with van der Waals surface area (Å²) in [5, 5.41) is 18.1. The summed E-state index contributed by atoms with van der Waals surface area (Å²) in [6, 6.07) is 16.6. The van der Waals surface area contributed by atoms with Crippen molar-refractivity contribution in [2.75, 3.05) is 7.11 Å². The van der Waals surface area contributed by atoms with Crippen molar-refractivity contribution in [2.45, 2.75) is 44.9 Å². The highest BCUT2D eigenvalue weighted by Gasteiger charge is 2.41. The van der Waals surface area contributed by atoms with Gasteiger partial charge in [-0.1, -0.05) is 18.2 Å². The summed E-state index contributed by atoms with van der Waals surface area (Å²) >= 11 is 0. The monoisotopic (exact) mass is 690 g/mol. The number of hydrogen-bond acceptors (Lipinski definition) is 6. The molecule has 1 aliphatic heterocycles. The van der Waals surface area contributed by atoms with Crippen molar-refractivity contribution in [2.24, 2.45) is 0 Å². The first-order valence-electron chi connectivity index (χ1n) is 14.4. The Bertz CT molecular complexity index is 1860. The molecule has 1 saturated heterocycles. The zero-order valence-corrected chi connectivity index (χ0v) is 26.0. The van der Waals surface area contributed by atoms with Crippen LogP contribution < -0.4 is 14.8 Å². The van der Waals surface area contributed by atoms with Crippen molar-refractivity contribution >= 4 is 18.0 Å². The molecule has 1 fully saturated rings. The van der Waals surface area contributed by atoms with Gasteiger partial charge in [0.05, 0.1) is 30.8 Å². The van der Waals surface area contributed by atoms with Crippen LogP contribution in [0, 0.1) is 6.92 Å². The van der Waals surface area contributed by atoms with E-state index in [9.17, 15) is 41.0 Å². The number of carbonyl (C=O) groups excluding carboxylic acids is 2. The number of halogens is 6. The normalized spacial score (nSPS) is 16.0. The van der Waals surface area contributed by atoms with Gasteiger partial charge in [0.25, 0.3) is 0 Å². The fourth-order valence-corrected chi connectivity index (χ4v) is 5.30. The van der Waals surface area contributed by atoms with Crippen molar-refractivity contribution in [3.63, 3.8) is 0 Å². The number of ether oxygens (including phenoxy) is 2. The van der Waals surface area contributed by atoms with E-state index in [4.69, 9.17) is 19.4 Å². The number of rotatable bonds is 7. The number of aromatic amines is 1. The third kappa shape index (κ3) is 8.28. The van der Waals surface area contributed by atoms with Gasteiger partial charge in [-0.25, -0.2) is 14.6 Å². The molecule has 1 aromatic heterocycles. The van der Waals surface area contributed by atoms with Crippen LogP contribution in [-0.4, -0.2) is 47.4 Å². The van der Waals surface area contributed by atoms with Crippen LogP contribution in [0.15, 0.2) is 79.1 Å². The highest BCUT2D eigenvalue weighted by molar-refractivity contribution is 5.89. The lowest BCUT2D eigenvalue weighted by atomic mass is 9.91. The van der Waals surface area contributed by atoms with Gasteiger partial charge in [0.15, 0.2) is 12.4 Å². The van der Waals surface area contributed by atoms with Crippen LogP contribution in [0.3, 0.4) is 0 Å². The fourth-order valence-electron chi connectivity index (χ4n) is 5.30. The van der Waals surface area contributed by atoms with Crippen molar-refractivity contribution in [3.8, 4) is 28.0 Å². The number of methoxy groups -OCH3 is 1. The van der Waals surface area contributed by atoms with Gasteiger partial charge < -0.3 is 24.5 Å².